The molecule has 0 aromatic heterocycles. The average Bonchev–Trinajstić information content (AvgIpc) is 2.41. The van der Waals surface area contributed by atoms with Gasteiger partial charge in [-0.3, -0.25) is 0 Å². The number of rotatable bonds is 3. The lowest BCUT2D eigenvalue weighted by Gasteiger charge is -2.31. The minimum Gasteiger partial charge on any atom is -0.316 e. The fourth-order valence-corrected chi connectivity index (χ4v) is 3.72. The van der Waals surface area contributed by atoms with Crippen molar-refractivity contribution < 1.29 is 17.2 Å². The molecule has 0 amide bonds. The molecule has 1 saturated heterocycles. The molecule has 0 bridgehead atoms. The van der Waals surface area contributed by atoms with Crippen molar-refractivity contribution in [3.63, 3.8) is 0 Å². The van der Waals surface area contributed by atoms with E-state index in [1.165, 1.54) is 4.31 Å². The summed E-state index contributed by atoms with van der Waals surface area (Å²) in [5, 5.41) is 3.04. The Bertz CT molecular complexity index is 563. The summed E-state index contributed by atoms with van der Waals surface area (Å²) < 4.78 is 52.0. The molecule has 1 atom stereocenters. The Labute approximate surface area is 111 Å². The molecule has 7 heteroatoms. The first-order valence-electron chi connectivity index (χ1n) is 6.07. The zero-order valence-corrected chi connectivity index (χ0v) is 11.4. The summed E-state index contributed by atoms with van der Waals surface area (Å²) in [6.07, 6.45) is 1.65. The van der Waals surface area contributed by atoms with E-state index >= 15 is 0 Å². The molecule has 0 aliphatic carbocycles. The van der Waals surface area contributed by atoms with E-state index in [4.69, 9.17) is 0 Å². The van der Waals surface area contributed by atoms with Gasteiger partial charge in [-0.1, -0.05) is 0 Å². The molecule has 1 aromatic carbocycles. The van der Waals surface area contributed by atoms with Crippen LogP contribution in [0.3, 0.4) is 0 Å². The van der Waals surface area contributed by atoms with Crippen LogP contribution in [0.15, 0.2) is 23.1 Å². The lowest BCUT2D eigenvalue weighted by atomic mass is 10.1. The largest absolute Gasteiger partial charge is 0.316 e. The van der Waals surface area contributed by atoms with Gasteiger partial charge in [-0.2, -0.15) is 4.31 Å². The third kappa shape index (κ3) is 2.93. The number of likely N-dealkylation sites (N-methyl/N-ethyl adjacent to an activating group) is 1. The van der Waals surface area contributed by atoms with Gasteiger partial charge in [0.05, 0.1) is 4.90 Å². The van der Waals surface area contributed by atoms with Crippen molar-refractivity contribution in [3.8, 4) is 0 Å². The van der Waals surface area contributed by atoms with E-state index in [2.05, 4.69) is 5.32 Å². The van der Waals surface area contributed by atoms with Gasteiger partial charge < -0.3 is 5.32 Å². The number of nitrogens with one attached hydrogen (secondary N) is 1. The molecule has 1 unspecified atom stereocenters. The van der Waals surface area contributed by atoms with Gasteiger partial charge in [-0.15, -0.1) is 0 Å². The van der Waals surface area contributed by atoms with Gasteiger partial charge in [0.25, 0.3) is 0 Å². The number of benzene rings is 1. The summed E-state index contributed by atoms with van der Waals surface area (Å²) in [4.78, 5) is -0.205. The molecule has 19 heavy (non-hydrogen) atoms. The minimum absolute atomic E-state index is 0.0915. The molecular weight excluding hydrogens is 274 g/mol. The normalized spacial score (nSPS) is 21.5. The first-order chi connectivity index (χ1) is 8.95. The van der Waals surface area contributed by atoms with E-state index in [1.807, 2.05) is 0 Å². The summed E-state index contributed by atoms with van der Waals surface area (Å²) >= 11 is 0. The topological polar surface area (TPSA) is 49.4 Å². The third-order valence-electron chi connectivity index (χ3n) is 3.32. The van der Waals surface area contributed by atoms with E-state index in [1.54, 1.807) is 7.05 Å². The number of hydrogen-bond donors (Lipinski definition) is 1. The Morgan fingerprint density at radius 1 is 1.32 bits per heavy atom. The Morgan fingerprint density at radius 3 is 2.68 bits per heavy atom. The van der Waals surface area contributed by atoms with Gasteiger partial charge in [0.15, 0.2) is 11.6 Å². The molecule has 1 N–H and O–H groups in total. The van der Waals surface area contributed by atoms with Gasteiger partial charge in [0.1, 0.15) is 0 Å². The Balaban J connectivity index is 2.28. The smallest absolute Gasteiger partial charge is 0.243 e. The summed E-state index contributed by atoms with van der Waals surface area (Å²) in [5.74, 6) is -2.20. The van der Waals surface area contributed by atoms with Crippen LogP contribution in [-0.2, 0) is 10.0 Å². The van der Waals surface area contributed by atoms with Crippen LogP contribution in [0.25, 0.3) is 0 Å². The predicted octanol–water partition coefficient (Wildman–Crippen LogP) is 1.34. The van der Waals surface area contributed by atoms with Crippen LogP contribution < -0.4 is 5.32 Å². The van der Waals surface area contributed by atoms with Gasteiger partial charge in [0.2, 0.25) is 10.0 Å². The predicted molar refractivity (Wildman–Crippen MR) is 67.2 cm³/mol. The molecule has 106 valence electrons. The number of nitrogens with zero attached hydrogens (tertiary/aromatic N) is 1. The van der Waals surface area contributed by atoms with Gasteiger partial charge in [-0.25, -0.2) is 17.2 Å². The second kappa shape index (κ2) is 5.52. The maximum absolute atomic E-state index is 13.1. The molecule has 1 aliphatic heterocycles. The van der Waals surface area contributed by atoms with Gasteiger partial charge in [-0.05, 0) is 38.1 Å². The van der Waals surface area contributed by atoms with Crippen molar-refractivity contribution in [2.75, 3.05) is 20.1 Å². The van der Waals surface area contributed by atoms with Crippen molar-refractivity contribution in [2.45, 2.75) is 23.8 Å². The first kappa shape index (κ1) is 14.4. The van der Waals surface area contributed by atoms with Crippen molar-refractivity contribution in [3.05, 3.63) is 29.8 Å². The third-order valence-corrected chi connectivity index (χ3v) is 5.18. The van der Waals surface area contributed by atoms with Crippen LogP contribution in [0.4, 0.5) is 8.78 Å². The molecule has 0 radical (unpaired) electrons. The van der Waals surface area contributed by atoms with Crippen LogP contribution in [0.2, 0.25) is 0 Å². The van der Waals surface area contributed by atoms with Crippen LogP contribution in [0, 0.1) is 11.6 Å². The highest BCUT2D eigenvalue weighted by Crippen LogP contribution is 2.22. The fourth-order valence-electron chi connectivity index (χ4n) is 2.18. The zero-order chi connectivity index (χ0) is 14.0. The summed E-state index contributed by atoms with van der Waals surface area (Å²) in [6.45, 7) is 0.747. The zero-order valence-electron chi connectivity index (χ0n) is 10.6. The SMILES string of the molecule is CNC1CCCN(S(=O)(=O)c2ccc(F)c(F)c2)C1. The second-order valence-electron chi connectivity index (χ2n) is 4.57. The van der Waals surface area contributed by atoms with Crippen molar-refractivity contribution in [2.24, 2.45) is 0 Å². The van der Waals surface area contributed by atoms with Gasteiger partial charge >= 0.3 is 0 Å². The highest BCUT2D eigenvalue weighted by Gasteiger charge is 2.30. The van der Waals surface area contributed by atoms with Crippen molar-refractivity contribution in [1.29, 1.82) is 0 Å². The highest BCUT2D eigenvalue weighted by molar-refractivity contribution is 7.89. The molecule has 1 heterocycles. The number of hydrogen-bond acceptors (Lipinski definition) is 3. The minimum atomic E-state index is -3.76. The van der Waals surface area contributed by atoms with Gasteiger partial charge in [0, 0.05) is 19.1 Å². The monoisotopic (exact) mass is 290 g/mol. The van der Waals surface area contributed by atoms with E-state index in [0.717, 1.165) is 31.0 Å². The quantitative estimate of drug-likeness (QED) is 0.914. The standard InChI is InChI=1S/C12H16F2N2O2S/c1-15-9-3-2-6-16(8-9)19(17,18)10-4-5-11(13)12(14)7-10/h4-5,7,9,15H,2-3,6,8H2,1H3. The van der Waals surface area contributed by atoms with Crippen LogP contribution >= 0.6 is 0 Å². The lowest BCUT2D eigenvalue weighted by Crippen LogP contribution is -2.46. The second-order valence-corrected chi connectivity index (χ2v) is 6.50. The Morgan fingerprint density at radius 2 is 2.05 bits per heavy atom. The summed E-state index contributed by atoms with van der Waals surface area (Å²) in [7, 11) is -1.98. The molecule has 2 rings (SSSR count). The van der Waals surface area contributed by atoms with E-state index in [0.29, 0.717) is 13.1 Å². The Kier molecular flexibility index (Phi) is 4.17. The maximum Gasteiger partial charge on any atom is 0.243 e. The van der Waals surface area contributed by atoms with Crippen LogP contribution in [0.1, 0.15) is 12.8 Å². The molecule has 0 saturated carbocycles. The average molecular weight is 290 g/mol. The van der Waals surface area contributed by atoms with Crippen molar-refractivity contribution in [1.82, 2.24) is 9.62 Å². The number of sulfonamides is 1. The number of piperidine rings is 1. The molecule has 4 nitrogen and oxygen atoms in total. The molecule has 0 spiro atoms. The summed E-state index contributed by atoms with van der Waals surface area (Å²) in [5.41, 5.74) is 0. The molecular formula is C12H16F2N2O2S. The van der Waals surface area contributed by atoms with E-state index < -0.39 is 21.7 Å². The molecule has 1 aromatic rings. The lowest BCUT2D eigenvalue weighted by molar-refractivity contribution is 0.292. The Hall–Kier alpha value is -1.05. The first-order valence-corrected chi connectivity index (χ1v) is 7.51. The van der Waals surface area contributed by atoms with E-state index in [-0.39, 0.29) is 10.9 Å². The maximum atomic E-state index is 13.1. The van der Waals surface area contributed by atoms with Crippen LogP contribution in [0.5, 0.6) is 0 Å². The molecule has 1 aliphatic rings. The fraction of sp³-hybridized carbons (Fsp3) is 0.500. The summed E-state index contributed by atoms with van der Waals surface area (Å²) in [6, 6.07) is 2.75. The van der Waals surface area contributed by atoms with Crippen molar-refractivity contribution >= 4 is 10.0 Å². The van der Waals surface area contributed by atoms with Crippen LogP contribution in [-0.4, -0.2) is 38.9 Å². The molecule has 1 fully saturated rings. The van der Waals surface area contributed by atoms with E-state index in [9.17, 15) is 17.2 Å². The highest BCUT2D eigenvalue weighted by atomic mass is 32.2. The number of halogens is 2.